The Labute approximate surface area is 122 Å². The molecule has 0 fully saturated rings. The molecule has 3 nitrogen and oxygen atoms in total. The second kappa shape index (κ2) is 4.42. The van der Waals surface area contributed by atoms with Crippen LogP contribution in [-0.4, -0.2) is 24.1 Å². The summed E-state index contributed by atoms with van der Waals surface area (Å²) in [5, 5.41) is 2.34. The van der Waals surface area contributed by atoms with Crippen LogP contribution in [0.1, 0.15) is 0 Å². The highest BCUT2D eigenvalue weighted by Gasteiger charge is 2.11. The first-order chi connectivity index (χ1) is 10.2. The lowest BCUT2D eigenvalue weighted by molar-refractivity contribution is 1.14. The fourth-order valence-electron chi connectivity index (χ4n) is 2.76. The summed E-state index contributed by atoms with van der Waals surface area (Å²) in [6.45, 7) is 0. The van der Waals surface area contributed by atoms with Gasteiger partial charge in [-0.05, 0) is 23.6 Å². The summed E-state index contributed by atoms with van der Waals surface area (Å²) >= 11 is 0. The third kappa shape index (κ3) is 1.82. The highest BCUT2D eigenvalue weighted by molar-refractivity contribution is 6.11. The molecule has 0 aliphatic carbocycles. The predicted molar refractivity (Wildman–Crippen MR) is 88.9 cm³/mol. The first-order valence-corrected chi connectivity index (χ1v) is 6.99. The third-order valence-electron chi connectivity index (χ3n) is 3.80. The molecule has 0 amide bonds. The Balaban J connectivity index is 2.27. The van der Waals surface area contributed by atoms with Crippen LogP contribution in [0, 0.1) is 0 Å². The smallest absolute Gasteiger partial charge is 0.113 e. The van der Waals surface area contributed by atoms with Gasteiger partial charge in [0.2, 0.25) is 0 Å². The maximum absolute atomic E-state index is 4.86. The number of hydrogen-bond acceptors (Lipinski definition) is 3. The van der Waals surface area contributed by atoms with Crippen LogP contribution in [-0.2, 0) is 0 Å². The van der Waals surface area contributed by atoms with Crippen LogP contribution in [0.15, 0.2) is 54.6 Å². The molecule has 0 aliphatic heterocycles. The molecular weight excluding hydrogens is 258 g/mol. The SMILES string of the molecule is CN(C)c1cc2ccccc2c2nc3ccccc3nc12. The van der Waals surface area contributed by atoms with Crippen molar-refractivity contribution < 1.29 is 0 Å². The molecule has 0 unspecified atom stereocenters. The van der Waals surface area contributed by atoms with Gasteiger partial charge in [-0.2, -0.15) is 0 Å². The van der Waals surface area contributed by atoms with Gasteiger partial charge in [0.05, 0.1) is 22.2 Å². The summed E-state index contributed by atoms with van der Waals surface area (Å²) in [7, 11) is 4.08. The van der Waals surface area contributed by atoms with Crippen molar-refractivity contribution >= 4 is 38.5 Å². The van der Waals surface area contributed by atoms with E-state index in [0.29, 0.717) is 0 Å². The average molecular weight is 273 g/mol. The number of benzene rings is 3. The van der Waals surface area contributed by atoms with E-state index in [2.05, 4.69) is 29.2 Å². The maximum atomic E-state index is 4.86. The Morgan fingerprint density at radius 2 is 1.38 bits per heavy atom. The van der Waals surface area contributed by atoms with Crippen molar-refractivity contribution in [2.45, 2.75) is 0 Å². The van der Waals surface area contributed by atoms with Crippen molar-refractivity contribution in [3.05, 3.63) is 54.6 Å². The summed E-state index contributed by atoms with van der Waals surface area (Å²) in [6, 6.07) is 18.5. The van der Waals surface area contributed by atoms with E-state index in [0.717, 1.165) is 33.1 Å². The van der Waals surface area contributed by atoms with Crippen molar-refractivity contribution in [3.63, 3.8) is 0 Å². The molecule has 3 aromatic carbocycles. The van der Waals surface area contributed by atoms with Gasteiger partial charge in [-0.15, -0.1) is 0 Å². The van der Waals surface area contributed by atoms with E-state index in [1.807, 2.05) is 44.4 Å². The van der Waals surface area contributed by atoms with E-state index in [4.69, 9.17) is 9.97 Å². The Hall–Kier alpha value is -2.68. The van der Waals surface area contributed by atoms with Crippen LogP contribution in [0.4, 0.5) is 5.69 Å². The zero-order valence-electron chi connectivity index (χ0n) is 12.0. The monoisotopic (exact) mass is 273 g/mol. The number of para-hydroxylation sites is 2. The molecule has 0 saturated heterocycles. The van der Waals surface area contributed by atoms with Crippen molar-refractivity contribution in [3.8, 4) is 0 Å². The molecule has 0 N–H and O–H groups in total. The molecule has 3 heteroatoms. The molecule has 4 rings (SSSR count). The van der Waals surface area contributed by atoms with Gasteiger partial charge in [-0.3, -0.25) is 0 Å². The Bertz CT molecular complexity index is 974. The Morgan fingerprint density at radius 1 is 0.762 bits per heavy atom. The van der Waals surface area contributed by atoms with Crippen LogP contribution in [0.5, 0.6) is 0 Å². The zero-order valence-corrected chi connectivity index (χ0v) is 12.0. The van der Waals surface area contributed by atoms with Crippen molar-refractivity contribution in [2.24, 2.45) is 0 Å². The van der Waals surface area contributed by atoms with Crippen LogP contribution < -0.4 is 4.90 Å². The van der Waals surface area contributed by atoms with E-state index >= 15 is 0 Å². The summed E-state index contributed by atoms with van der Waals surface area (Å²) in [4.78, 5) is 11.8. The van der Waals surface area contributed by atoms with E-state index < -0.39 is 0 Å². The minimum absolute atomic E-state index is 0.934. The largest absolute Gasteiger partial charge is 0.376 e. The number of hydrogen-bond donors (Lipinski definition) is 0. The average Bonchev–Trinajstić information content (AvgIpc) is 2.52. The first kappa shape index (κ1) is 12.1. The highest BCUT2D eigenvalue weighted by atomic mass is 15.1. The molecular formula is C18H15N3. The second-order valence-electron chi connectivity index (χ2n) is 5.42. The molecule has 4 aromatic rings. The molecule has 21 heavy (non-hydrogen) atoms. The standard InChI is InChI=1S/C18H15N3/c1-21(2)16-11-12-7-3-4-8-13(12)17-18(16)20-15-10-6-5-9-14(15)19-17/h3-11H,1-2H3. The van der Waals surface area contributed by atoms with E-state index in [1.165, 1.54) is 5.39 Å². The maximum Gasteiger partial charge on any atom is 0.113 e. The van der Waals surface area contributed by atoms with Crippen LogP contribution >= 0.6 is 0 Å². The van der Waals surface area contributed by atoms with Gasteiger partial charge in [-0.25, -0.2) is 9.97 Å². The molecule has 1 aromatic heterocycles. The van der Waals surface area contributed by atoms with Crippen LogP contribution in [0.2, 0.25) is 0 Å². The molecule has 0 atom stereocenters. The molecule has 1 heterocycles. The highest BCUT2D eigenvalue weighted by Crippen LogP contribution is 2.32. The van der Waals surface area contributed by atoms with E-state index in [9.17, 15) is 0 Å². The third-order valence-corrected chi connectivity index (χ3v) is 3.80. The normalized spacial score (nSPS) is 11.3. The number of anilines is 1. The van der Waals surface area contributed by atoms with Gasteiger partial charge in [0, 0.05) is 19.5 Å². The van der Waals surface area contributed by atoms with Gasteiger partial charge in [0.1, 0.15) is 5.52 Å². The quantitative estimate of drug-likeness (QED) is 0.388. The fourth-order valence-corrected chi connectivity index (χ4v) is 2.76. The van der Waals surface area contributed by atoms with Gasteiger partial charge in [-0.1, -0.05) is 36.4 Å². The minimum atomic E-state index is 0.934. The predicted octanol–water partition coefficient (Wildman–Crippen LogP) is 4.00. The van der Waals surface area contributed by atoms with Gasteiger partial charge in [0.15, 0.2) is 0 Å². The number of fused-ring (bicyclic) bond motifs is 4. The lowest BCUT2D eigenvalue weighted by Gasteiger charge is -2.16. The van der Waals surface area contributed by atoms with E-state index in [-0.39, 0.29) is 0 Å². The summed E-state index contributed by atoms with van der Waals surface area (Å²) < 4.78 is 0. The fraction of sp³-hybridized carbons (Fsp3) is 0.111. The molecule has 0 saturated carbocycles. The Kier molecular flexibility index (Phi) is 2.54. The minimum Gasteiger partial charge on any atom is -0.376 e. The summed E-state index contributed by atoms with van der Waals surface area (Å²) in [6.07, 6.45) is 0. The lowest BCUT2D eigenvalue weighted by Crippen LogP contribution is -2.10. The molecule has 102 valence electrons. The van der Waals surface area contributed by atoms with Crippen molar-refractivity contribution in [2.75, 3.05) is 19.0 Å². The molecule has 0 spiro atoms. The number of rotatable bonds is 1. The van der Waals surface area contributed by atoms with E-state index in [1.54, 1.807) is 0 Å². The van der Waals surface area contributed by atoms with Gasteiger partial charge in [0.25, 0.3) is 0 Å². The molecule has 0 radical (unpaired) electrons. The Morgan fingerprint density at radius 3 is 2.10 bits per heavy atom. The summed E-state index contributed by atoms with van der Waals surface area (Å²) in [5.74, 6) is 0. The second-order valence-corrected chi connectivity index (χ2v) is 5.42. The van der Waals surface area contributed by atoms with Gasteiger partial charge >= 0.3 is 0 Å². The molecule has 0 bridgehead atoms. The zero-order chi connectivity index (χ0) is 14.4. The topological polar surface area (TPSA) is 29.0 Å². The van der Waals surface area contributed by atoms with Crippen molar-refractivity contribution in [1.82, 2.24) is 9.97 Å². The molecule has 0 aliphatic rings. The van der Waals surface area contributed by atoms with Crippen LogP contribution in [0.25, 0.3) is 32.8 Å². The van der Waals surface area contributed by atoms with Crippen LogP contribution in [0.3, 0.4) is 0 Å². The number of aromatic nitrogens is 2. The van der Waals surface area contributed by atoms with Crippen molar-refractivity contribution in [1.29, 1.82) is 0 Å². The first-order valence-electron chi connectivity index (χ1n) is 6.99. The summed E-state index contributed by atoms with van der Waals surface area (Å²) in [5.41, 5.74) is 4.89. The van der Waals surface area contributed by atoms with Gasteiger partial charge < -0.3 is 4.90 Å². The lowest BCUT2D eigenvalue weighted by atomic mass is 10.1. The number of nitrogens with zero attached hydrogens (tertiary/aromatic N) is 3.